The molecule has 0 bridgehead atoms. The van der Waals surface area contributed by atoms with Gasteiger partial charge in [-0.05, 0) is 6.92 Å². The molecule has 0 aliphatic carbocycles. The van der Waals surface area contributed by atoms with Crippen LogP contribution < -0.4 is 5.73 Å². The Kier molecular flexibility index (Phi) is 3.24. The van der Waals surface area contributed by atoms with E-state index in [0.717, 1.165) is 0 Å². The number of urea groups is 1. The highest BCUT2D eigenvalue weighted by molar-refractivity contribution is 5.97. The maximum atomic E-state index is 11.7. The molecule has 0 aromatic rings. The molecule has 1 fully saturated rings. The second-order valence-electron chi connectivity index (χ2n) is 3.13. The van der Waals surface area contributed by atoms with Crippen molar-refractivity contribution in [1.29, 1.82) is 0 Å². The van der Waals surface area contributed by atoms with Gasteiger partial charge in [-0.3, -0.25) is 9.69 Å². The Labute approximate surface area is 83.1 Å². The van der Waals surface area contributed by atoms with E-state index in [1.54, 1.807) is 13.0 Å². The lowest BCUT2D eigenvalue weighted by Gasteiger charge is -2.37. The van der Waals surface area contributed by atoms with Crippen LogP contribution in [0.1, 0.15) is 13.3 Å². The number of carbonyl (C=O) groups excluding carboxylic acids is 2. The zero-order valence-corrected chi connectivity index (χ0v) is 8.27. The average Bonchev–Trinajstić information content (AvgIpc) is 2.12. The molecule has 2 N–H and O–H groups in total. The maximum absolute atomic E-state index is 11.7. The lowest BCUT2D eigenvalue weighted by Crippen LogP contribution is -2.59. The van der Waals surface area contributed by atoms with E-state index >= 15 is 0 Å². The summed E-state index contributed by atoms with van der Waals surface area (Å²) in [4.78, 5) is 25.7. The van der Waals surface area contributed by atoms with Crippen molar-refractivity contribution in [2.45, 2.75) is 19.5 Å². The molecule has 5 nitrogen and oxygen atoms in total. The van der Waals surface area contributed by atoms with Crippen molar-refractivity contribution in [2.24, 2.45) is 5.73 Å². The Bertz CT molecular complexity index is 265. The zero-order chi connectivity index (χ0) is 10.7. The van der Waals surface area contributed by atoms with Crippen LogP contribution in [-0.4, -0.2) is 41.0 Å². The Hall–Kier alpha value is -1.36. The van der Waals surface area contributed by atoms with Gasteiger partial charge in [-0.2, -0.15) is 0 Å². The van der Waals surface area contributed by atoms with Gasteiger partial charge in [0.1, 0.15) is 0 Å². The molecule has 1 saturated heterocycles. The fourth-order valence-electron chi connectivity index (χ4n) is 1.47. The van der Waals surface area contributed by atoms with Crippen molar-refractivity contribution in [3.8, 4) is 0 Å². The first-order chi connectivity index (χ1) is 6.61. The molecule has 1 aliphatic rings. The van der Waals surface area contributed by atoms with Gasteiger partial charge in [-0.1, -0.05) is 6.08 Å². The van der Waals surface area contributed by atoms with Crippen molar-refractivity contribution >= 4 is 11.9 Å². The lowest BCUT2D eigenvalue weighted by molar-refractivity contribution is -0.132. The van der Waals surface area contributed by atoms with Gasteiger partial charge in [0.05, 0.1) is 12.6 Å². The smallest absolute Gasteiger partial charge is 0.311 e. The van der Waals surface area contributed by atoms with E-state index in [0.29, 0.717) is 13.1 Å². The zero-order valence-electron chi connectivity index (χ0n) is 8.27. The average molecular weight is 197 g/mol. The largest absolute Gasteiger partial charge is 0.328 e. The topological polar surface area (TPSA) is 66.6 Å². The summed E-state index contributed by atoms with van der Waals surface area (Å²) in [6, 6.07) is -0.323. The van der Waals surface area contributed by atoms with Crippen LogP contribution in [0.5, 0.6) is 0 Å². The molecule has 0 spiro atoms. The van der Waals surface area contributed by atoms with E-state index in [1.807, 2.05) is 0 Å². The van der Waals surface area contributed by atoms with Crippen LogP contribution in [0.25, 0.3) is 0 Å². The summed E-state index contributed by atoms with van der Waals surface area (Å²) < 4.78 is 0. The highest BCUT2D eigenvalue weighted by Crippen LogP contribution is 2.13. The summed E-state index contributed by atoms with van der Waals surface area (Å²) in [6.45, 7) is 6.07. The van der Waals surface area contributed by atoms with E-state index < -0.39 is 6.17 Å². The molecule has 1 unspecified atom stereocenters. The summed E-state index contributed by atoms with van der Waals surface area (Å²) in [5, 5.41) is 0. The van der Waals surface area contributed by atoms with Gasteiger partial charge in [-0.15, -0.1) is 6.58 Å². The van der Waals surface area contributed by atoms with Gasteiger partial charge in [0.2, 0.25) is 5.91 Å². The fraction of sp³-hybridized carbons (Fsp3) is 0.556. The molecule has 0 saturated carbocycles. The minimum Gasteiger partial charge on any atom is -0.311 e. The molecule has 0 radical (unpaired) electrons. The van der Waals surface area contributed by atoms with Crippen molar-refractivity contribution in [1.82, 2.24) is 9.80 Å². The van der Waals surface area contributed by atoms with Crippen LogP contribution >= 0.6 is 0 Å². The summed E-state index contributed by atoms with van der Waals surface area (Å²) >= 11 is 0. The Morgan fingerprint density at radius 2 is 2.29 bits per heavy atom. The van der Waals surface area contributed by atoms with Crippen LogP contribution in [0.3, 0.4) is 0 Å². The Morgan fingerprint density at radius 1 is 1.64 bits per heavy atom. The monoisotopic (exact) mass is 197 g/mol. The standard InChI is InChI=1S/C9H15N3O2/c1-3-5-12-7(10)6-8(13)11(4-2)9(12)14/h3,7H,1,4-6,10H2,2H3. The van der Waals surface area contributed by atoms with Crippen LogP contribution in [0.15, 0.2) is 12.7 Å². The number of rotatable bonds is 3. The molecule has 1 heterocycles. The third kappa shape index (κ3) is 1.77. The fourth-order valence-corrected chi connectivity index (χ4v) is 1.47. The molecule has 5 heteroatoms. The molecule has 1 atom stereocenters. The third-order valence-corrected chi connectivity index (χ3v) is 2.20. The number of hydrogen-bond donors (Lipinski definition) is 1. The van der Waals surface area contributed by atoms with E-state index in [2.05, 4.69) is 6.58 Å². The molecular weight excluding hydrogens is 182 g/mol. The first-order valence-electron chi connectivity index (χ1n) is 4.59. The van der Waals surface area contributed by atoms with Gasteiger partial charge >= 0.3 is 6.03 Å². The maximum Gasteiger partial charge on any atom is 0.328 e. The first kappa shape index (κ1) is 10.7. The van der Waals surface area contributed by atoms with Crippen molar-refractivity contribution in [2.75, 3.05) is 13.1 Å². The number of hydrogen-bond acceptors (Lipinski definition) is 3. The van der Waals surface area contributed by atoms with E-state index in [4.69, 9.17) is 5.73 Å². The third-order valence-electron chi connectivity index (χ3n) is 2.20. The van der Waals surface area contributed by atoms with Gasteiger partial charge < -0.3 is 10.6 Å². The quantitative estimate of drug-likeness (QED) is 0.654. The van der Waals surface area contributed by atoms with Crippen LogP contribution in [-0.2, 0) is 4.79 Å². The second kappa shape index (κ2) is 4.23. The molecule has 3 amide bonds. The molecule has 14 heavy (non-hydrogen) atoms. The van der Waals surface area contributed by atoms with Gasteiger partial charge in [0, 0.05) is 13.1 Å². The number of amides is 3. The predicted molar refractivity (Wildman–Crippen MR) is 52.3 cm³/mol. The van der Waals surface area contributed by atoms with E-state index in [1.165, 1.54) is 9.80 Å². The molecular formula is C9H15N3O2. The normalized spacial score (nSPS) is 22.9. The van der Waals surface area contributed by atoms with Gasteiger partial charge in [-0.25, -0.2) is 4.79 Å². The Morgan fingerprint density at radius 3 is 2.79 bits per heavy atom. The van der Waals surface area contributed by atoms with Gasteiger partial charge in [0.15, 0.2) is 0 Å². The highest BCUT2D eigenvalue weighted by Gasteiger charge is 2.35. The molecule has 78 valence electrons. The lowest BCUT2D eigenvalue weighted by atomic mass is 10.2. The van der Waals surface area contributed by atoms with Crippen molar-refractivity contribution in [3.05, 3.63) is 12.7 Å². The minimum absolute atomic E-state index is 0.188. The number of imide groups is 1. The SMILES string of the molecule is C=CCN1C(=O)N(CC)C(=O)CC1N. The van der Waals surface area contributed by atoms with Crippen LogP contribution in [0.2, 0.25) is 0 Å². The number of nitrogens with two attached hydrogens (primary N) is 1. The minimum atomic E-state index is -0.518. The second-order valence-corrected chi connectivity index (χ2v) is 3.13. The number of carbonyl (C=O) groups is 2. The van der Waals surface area contributed by atoms with Gasteiger partial charge in [0.25, 0.3) is 0 Å². The summed E-state index contributed by atoms with van der Waals surface area (Å²) in [5.74, 6) is -0.203. The first-order valence-corrected chi connectivity index (χ1v) is 4.59. The molecule has 0 aromatic carbocycles. The molecule has 1 rings (SSSR count). The van der Waals surface area contributed by atoms with E-state index in [-0.39, 0.29) is 18.4 Å². The van der Waals surface area contributed by atoms with Crippen molar-refractivity contribution in [3.63, 3.8) is 0 Å². The Balaban J connectivity index is 2.81. The molecule has 0 aromatic heterocycles. The van der Waals surface area contributed by atoms with E-state index in [9.17, 15) is 9.59 Å². The van der Waals surface area contributed by atoms with Crippen LogP contribution in [0.4, 0.5) is 4.79 Å². The predicted octanol–water partition coefficient (Wildman–Crippen LogP) is 0.131. The van der Waals surface area contributed by atoms with Crippen molar-refractivity contribution < 1.29 is 9.59 Å². The summed E-state index contributed by atoms with van der Waals surface area (Å²) in [7, 11) is 0. The highest BCUT2D eigenvalue weighted by atomic mass is 16.2. The summed E-state index contributed by atoms with van der Waals surface area (Å²) in [6.07, 6.45) is 1.27. The van der Waals surface area contributed by atoms with Crippen LogP contribution in [0, 0.1) is 0 Å². The number of nitrogens with zero attached hydrogens (tertiary/aromatic N) is 2. The summed E-state index contributed by atoms with van der Waals surface area (Å²) in [5.41, 5.74) is 5.67. The molecule has 1 aliphatic heterocycles.